The molecule has 0 unspecified atom stereocenters. The number of halogens is 2. The second kappa shape index (κ2) is 7.77. The van der Waals surface area contributed by atoms with Gasteiger partial charge in [0.05, 0.1) is 23.6 Å². The van der Waals surface area contributed by atoms with Crippen molar-refractivity contribution >= 4 is 29.2 Å². The van der Waals surface area contributed by atoms with Gasteiger partial charge in [0.2, 0.25) is 0 Å². The molecule has 0 heterocycles. The van der Waals surface area contributed by atoms with Crippen LogP contribution in [0.5, 0.6) is 0 Å². The largest absolute Gasteiger partial charge is 0.469 e. The highest BCUT2D eigenvalue weighted by Crippen LogP contribution is 2.42. The second-order valence-corrected chi connectivity index (χ2v) is 7.18. The summed E-state index contributed by atoms with van der Waals surface area (Å²) >= 11 is 12.3. The summed E-state index contributed by atoms with van der Waals surface area (Å²) in [6.07, 6.45) is 2.35. The van der Waals surface area contributed by atoms with E-state index in [0.717, 1.165) is 18.4 Å². The molecule has 132 valence electrons. The number of hydrogen-bond acceptors (Lipinski definition) is 3. The van der Waals surface area contributed by atoms with E-state index >= 15 is 0 Å². The lowest BCUT2D eigenvalue weighted by atomic mass is 9.76. The average molecular weight is 378 g/mol. The third kappa shape index (κ3) is 3.84. The number of carbonyl (C=O) groups excluding carboxylic acids is 1. The van der Waals surface area contributed by atoms with Gasteiger partial charge in [0.1, 0.15) is 0 Å². The zero-order valence-electron chi connectivity index (χ0n) is 14.3. The van der Waals surface area contributed by atoms with E-state index in [0.29, 0.717) is 10.0 Å². The highest BCUT2D eigenvalue weighted by Gasteiger charge is 2.28. The summed E-state index contributed by atoms with van der Waals surface area (Å²) < 4.78 is 4.78. The SMILES string of the molecule is CN[C@H]1CC[C@@H](c2ccc(Cl)c(Cl)c2)c2ccc(CC(=O)OC)cc21. The molecule has 2 atom stereocenters. The zero-order valence-corrected chi connectivity index (χ0v) is 15.8. The number of carbonyl (C=O) groups is 1. The van der Waals surface area contributed by atoms with Gasteiger partial charge in [-0.2, -0.15) is 0 Å². The molecule has 0 amide bonds. The Bertz CT molecular complexity index is 791. The molecular formula is C20H21Cl2NO2. The topological polar surface area (TPSA) is 38.3 Å². The lowest BCUT2D eigenvalue weighted by Crippen LogP contribution is -2.24. The maximum Gasteiger partial charge on any atom is 0.309 e. The first-order chi connectivity index (χ1) is 12.0. The van der Waals surface area contributed by atoms with Crippen molar-refractivity contribution in [3.8, 4) is 0 Å². The van der Waals surface area contributed by atoms with E-state index in [9.17, 15) is 4.79 Å². The molecule has 0 spiro atoms. The van der Waals surface area contributed by atoms with Gasteiger partial charge in [-0.3, -0.25) is 4.79 Å². The van der Waals surface area contributed by atoms with Crippen LogP contribution in [0.3, 0.4) is 0 Å². The van der Waals surface area contributed by atoms with Gasteiger partial charge in [-0.15, -0.1) is 0 Å². The molecule has 5 heteroatoms. The van der Waals surface area contributed by atoms with Gasteiger partial charge < -0.3 is 10.1 Å². The summed E-state index contributed by atoms with van der Waals surface area (Å²) in [4.78, 5) is 11.6. The van der Waals surface area contributed by atoms with E-state index in [1.165, 1.54) is 23.8 Å². The number of fused-ring (bicyclic) bond motifs is 1. The van der Waals surface area contributed by atoms with Gasteiger partial charge in [0, 0.05) is 12.0 Å². The normalized spacial score (nSPS) is 19.4. The summed E-state index contributed by atoms with van der Waals surface area (Å²) in [6, 6.07) is 12.4. The van der Waals surface area contributed by atoms with Crippen LogP contribution in [0.25, 0.3) is 0 Å². The van der Waals surface area contributed by atoms with Crippen molar-refractivity contribution in [1.29, 1.82) is 0 Å². The number of hydrogen-bond donors (Lipinski definition) is 1. The molecule has 2 aromatic rings. The molecule has 1 aliphatic carbocycles. The predicted octanol–water partition coefficient (Wildman–Crippen LogP) is 4.90. The lowest BCUT2D eigenvalue weighted by molar-refractivity contribution is -0.139. The van der Waals surface area contributed by atoms with Crippen LogP contribution in [0, 0.1) is 0 Å². The van der Waals surface area contributed by atoms with Crippen LogP contribution in [-0.4, -0.2) is 20.1 Å². The van der Waals surface area contributed by atoms with Gasteiger partial charge in [-0.1, -0.05) is 47.5 Å². The van der Waals surface area contributed by atoms with Crippen molar-refractivity contribution in [2.75, 3.05) is 14.2 Å². The standard InChI is InChI=1S/C20H21Cl2NO2/c1-23-19-8-6-14(13-4-7-17(21)18(22)11-13)15-5-3-12(9-16(15)19)10-20(24)25-2/h3-5,7,9,11,14,19,23H,6,8,10H2,1-2H3/t14-,19-/m0/s1. The molecule has 2 aromatic carbocycles. The molecule has 25 heavy (non-hydrogen) atoms. The molecule has 0 aliphatic heterocycles. The summed E-state index contributed by atoms with van der Waals surface area (Å²) in [5.41, 5.74) is 4.66. The summed E-state index contributed by atoms with van der Waals surface area (Å²) in [6.45, 7) is 0. The maximum absolute atomic E-state index is 11.6. The van der Waals surface area contributed by atoms with E-state index in [-0.39, 0.29) is 24.3 Å². The third-order valence-electron chi connectivity index (χ3n) is 4.92. The minimum atomic E-state index is -0.224. The van der Waals surface area contributed by atoms with Crippen LogP contribution in [0.1, 0.15) is 47.1 Å². The fraction of sp³-hybridized carbons (Fsp3) is 0.350. The van der Waals surface area contributed by atoms with Gasteiger partial charge >= 0.3 is 5.97 Å². The van der Waals surface area contributed by atoms with E-state index in [4.69, 9.17) is 27.9 Å². The molecule has 0 aromatic heterocycles. The Kier molecular flexibility index (Phi) is 5.67. The predicted molar refractivity (Wildman–Crippen MR) is 102 cm³/mol. The van der Waals surface area contributed by atoms with Crippen LogP contribution in [-0.2, 0) is 16.0 Å². The molecule has 1 N–H and O–H groups in total. The van der Waals surface area contributed by atoms with Crippen LogP contribution >= 0.6 is 23.2 Å². The quantitative estimate of drug-likeness (QED) is 0.770. The zero-order chi connectivity index (χ0) is 18.0. The average Bonchev–Trinajstić information content (AvgIpc) is 2.63. The third-order valence-corrected chi connectivity index (χ3v) is 5.66. The Morgan fingerprint density at radius 3 is 2.60 bits per heavy atom. The van der Waals surface area contributed by atoms with Crippen molar-refractivity contribution < 1.29 is 9.53 Å². The molecule has 0 radical (unpaired) electrons. The first kappa shape index (κ1) is 18.2. The Hall–Kier alpha value is -1.55. The Morgan fingerprint density at radius 2 is 1.92 bits per heavy atom. The lowest BCUT2D eigenvalue weighted by Gasteiger charge is -2.32. The van der Waals surface area contributed by atoms with Crippen molar-refractivity contribution in [3.63, 3.8) is 0 Å². The summed E-state index contributed by atoms with van der Waals surface area (Å²) in [5, 5.41) is 4.54. The van der Waals surface area contributed by atoms with Crippen LogP contribution < -0.4 is 5.32 Å². The van der Waals surface area contributed by atoms with E-state index in [1.54, 1.807) is 0 Å². The number of benzene rings is 2. The number of ether oxygens (including phenoxy) is 1. The van der Waals surface area contributed by atoms with Crippen molar-refractivity contribution in [2.45, 2.75) is 31.2 Å². The number of rotatable bonds is 4. The smallest absolute Gasteiger partial charge is 0.309 e. The van der Waals surface area contributed by atoms with Crippen molar-refractivity contribution in [1.82, 2.24) is 5.32 Å². The van der Waals surface area contributed by atoms with Gasteiger partial charge in [-0.25, -0.2) is 0 Å². The minimum Gasteiger partial charge on any atom is -0.469 e. The molecule has 3 rings (SSSR count). The van der Waals surface area contributed by atoms with Gasteiger partial charge in [0.15, 0.2) is 0 Å². The van der Waals surface area contributed by atoms with E-state index in [1.807, 2.05) is 31.3 Å². The van der Waals surface area contributed by atoms with E-state index < -0.39 is 0 Å². The molecule has 0 fully saturated rings. The van der Waals surface area contributed by atoms with Gasteiger partial charge in [-0.05, 0) is 54.3 Å². The Morgan fingerprint density at radius 1 is 1.12 bits per heavy atom. The highest BCUT2D eigenvalue weighted by atomic mass is 35.5. The van der Waals surface area contributed by atoms with Crippen LogP contribution in [0.4, 0.5) is 0 Å². The van der Waals surface area contributed by atoms with E-state index in [2.05, 4.69) is 17.4 Å². The molecule has 3 nitrogen and oxygen atoms in total. The summed E-state index contributed by atoms with van der Waals surface area (Å²) in [7, 11) is 3.39. The number of nitrogens with one attached hydrogen (secondary N) is 1. The first-order valence-corrected chi connectivity index (χ1v) is 9.10. The minimum absolute atomic E-state index is 0.224. The molecule has 0 saturated carbocycles. The molecule has 0 bridgehead atoms. The summed E-state index contributed by atoms with van der Waals surface area (Å²) in [5.74, 6) is 0.0549. The van der Waals surface area contributed by atoms with Crippen LogP contribution in [0.2, 0.25) is 10.0 Å². The van der Waals surface area contributed by atoms with Crippen LogP contribution in [0.15, 0.2) is 36.4 Å². The Balaban J connectivity index is 2.00. The molecule has 1 aliphatic rings. The maximum atomic E-state index is 11.6. The second-order valence-electron chi connectivity index (χ2n) is 6.36. The number of methoxy groups -OCH3 is 1. The molecule has 0 saturated heterocycles. The van der Waals surface area contributed by atoms with Crippen molar-refractivity contribution in [3.05, 3.63) is 68.7 Å². The fourth-order valence-electron chi connectivity index (χ4n) is 3.61. The fourth-order valence-corrected chi connectivity index (χ4v) is 3.92. The first-order valence-electron chi connectivity index (χ1n) is 8.35. The van der Waals surface area contributed by atoms with Gasteiger partial charge in [0.25, 0.3) is 0 Å². The van der Waals surface area contributed by atoms with Crippen molar-refractivity contribution in [2.24, 2.45) is 0 Å². The highest BCUT2D eigenvalue weighted by molar-refractivity contribution is 6.42. The monoisotopic (exact) mass is 377 g/mol. The number of esters is 1. The Labute approximate surface area is 158 Å². The molecular weight excluding hydrogens is 357 g/mol.